The molecular weight excluding hydrogens is 458 g/mol. The zero-order valence-corrected chi connectivity index (χ0v) is 19.7. The Bertz CT molecular complexity index is 1220. The molecule has 7 N–H and O–H groups in total. The predicted octanol–water partition coefficient (Wildman–Crippen LogP) is 2.01. The van der Waals surface area contributed by atoms with Crippen LogP contribution in [0.2, 0.25) is 0 Å². The van der Waals surface area contributed by atoms with Crippen LogP contribution in [0.1, 0.15) is 34.3 Å². The van der Waals surface area contributed by atoms with Crippen LogP contribution in [-0.4, -0.2) is 62.0 Å². The predicted molar refractivity (Wildman–Crippen MR) is 139 cm³/mol. The monoisotopic (exact) mass is 487 g/mol. The highest BCUT2D eigenvalue weighted by Gasteiger charge is 2.24. The van der Waals surface area contributed by atoms with Gasteiger partial charge in [-0.25, -0.2) is 25.4 Å². The van der Waals surface area contributed by atoms with Crippen LogP contribution in [0.5, 0.6) is 0 Å². The number of aliphatic hydroxyl groups excluding tert-OH is 1. The van der Waals surface area contributed by atoms with Gasteiger partial charge in [0, 0.05) is 36.5 Å². The smallest absolute Gasteiger partial charge is 0.256 e. The minimum atomic E-state index is -0.823. The summed E-state index contributed by atoms with van der Waals surface area (Å²) in [6.07, 6.45) is 5.36. The van der Waals surface area contributed by atoms with Crippen LogP contribution in [0, 0.1) is 5.41 Å². The van der Waals surface area contributed by atoms with Crippen LogP contribution in [0.25, 0.3) is 0 Å². The summed E-state index contributed by atoms with van der Waals surface area (Å²) >= 11 is 0. The van der Waals surface area contributed by atoms with Crippen molar-refractivity contribution in [3.63, 3.8) is 0 Å². The van der Waals surface area contributed by atoms with Crippen molar-refractivity contribution in [2.24, 2.45) is 0 Å². The third-order valence-corrected chi connectivity index (χ3v) is 5.77. The van der Waals surface area contributed by atoms with Crippen molar-refractivity contribution in [2.45, 2.75) is 25.1 Å². The number of hydrogen-bond acceptors (Lipinski definition) is 10. The largest absolute Gasteiger partial charge is 0.383 e. The Balaban J connectivity index is 1.48. The standard InChI is InChI=1S/C25H29N9O2/c1-2-20(35)33-34-13-5-6-18(14-34)31-24-21(23(27)29-15-30-24)22(26)16-8-10-17(11-9-16)25(36)32-19-7-3-4-12-28-19/h2-4,7-12,15,18,20,26,33,35H,1,5-6,13-14H2,(H,28,32,36)(H3,27,29,30,31). The fourth-order valence-corrected chi connectivity index (χ4v) is 3.96. The van der Waals surface area contributed by atoms with Crippen molar-refractivity contribution in [3.8, 4) is 0 Å². The number of aliphatic hydroxyl groups is 1. The Morgan fingerprint density at radius 3 is 2.69 bits per heavy atom. The SMILES string of the molecule is C=CC(O)NN1CCCC(Nc2ncnc(N)c2C(=N)c2ccc(C(=O)Nc3ccccn3)cc2)C1. The zero-order chi connectivity index (χ0) is 25.5. The number of pyridine rings is 1. The number of nitrogens with zero attached hydrogens (tertiary/aromatic N) is 4. The second-order valence-corrected chi connectivity index (χ2v) is 8.34. The summed E-state index contributed by atoms with van der Waals surface area (Å²) < 4.78 is 0. The van der Waals surface area contributed by atoms with Crippen LogP contribution in [0.4, 0.5) is 17.5 Å². The van der Waals surface area contributed by atoms with Crippen LogP contribution < -0.4 is 21.8 Å². The summed E-state index contributed by atoms with van der Waals surface area (Å²) in [5.74, 6) is 0.802. The molecule has 0 aliphatic carbocycles. The molecule has 3 heterocycles. The molecule has 11 nitrogen and oxygen atoms in total. The third kappa shape index (κ3) is 6.08. The van der Waals surface area contributed by atoms with Crippen LogP contribution >= 0.6 is 0 Å². The molecule has 36 heavy (non-hydrogen) atoms. The summed E-state index contributed by atoms with van der Waals surface area (Å²) in [6, 6.07) is 11.9. The average Bonchev–Trinajstić information content (AvgIpc) is 2.89. The highest BCUT2D eigenvalue weighted by molar-refractivity contribution is 6.16. The zero-order valence-electron chi connectivity index (χ0n) is 19.7. The normalized spacial score (nSPS) is 16.6. The quantitative estimate of drug-likeness (QED) is 0.150. The van der Waals surface area contributed by atoms with E-state index in [0.29, 0.717) is 34.9 Å². The van der Waals surface area contributed by atoms with Crippen LogP contribution in [-0.2, 0) is 0 Å². The lowest BCUT2D eigenvalue weighted by Gasteiger charge is -2.34. The molecule has 2 unspecified atom stereocenters. The first-order chi connectivity index (χ1) is 17.4. The number of aromatic nitrogens is 3. The minimum Gasteiger partial charge on any atom is -0.383 e. The first kappa shape index (κ1) is 24.9. The molecule has 1 aliphatic heterocycles. The van der Waals surface area contributed by atoms with Gasteiger partial charge in [-0.1, -0.05) is 24.8 Å². The van der Waals surface area contributed by atoms with E-state index in [0.717, 1.165) is 19.4 Å². The van der Waals surface area contributed by atoms with Gasteiger partial charge in [-0.2, -0.15) is 0 Å². The van der Waals surface area contributed by atoms with Gasteiger partial charge < -0.3 is 21.5 Å². The number of hydrogen-bond donors (Lipinski definition) is 6. The number of piperidine rings is 1. The lowest BCUT2D eigenvalue weighted by atomic mass is 10.0. The lowest BCUT2D eigenvalue weighted by molar-refractivity contribution is 0.0482. The average molecular weight is 488 g/mol. The molecule has 1 aromatic carbocycles. The molecule has 0 bridgehead atoms. The van der Waals surface area contributed by atoms with Crippen molar-refractivity contribution in [3.05, 3.63) is 84.3 Å². The van der Waals surface area contributed by atoms with E-state index in [4.69, 9.17) is 11.1 Å². The highest BCUT2D eigenvalue weighted by Crippen LogP contribution is 2.24. The van der Waals surface area contributed by atoms with Crippen LogP contribution in [0.3, 0.4) is 0 Å². The Hall–Kier alpha value is -4.19. The van der Waals surface area contributed by atoms with Crippen molar-refractivity contribution in [1.29, 1.82) is 5.41 Å². The maximum absolute atomic E-state index is 12.5. The molecule has 0 spiro atoms. The van der Waals surface area contributed by atoms with Gasteiger partial charge in [0.25, 0.3) is 5.91 Å². The van der Waals surface area contributed by atoms with Crippen LogP contribution in [0.15, 0.2) is 67.6 Å². The van der Waals surface area contributed by atoms with E-state index in [-0.39, 0.29) is 23.5 Å². The third-order valence-electron chi connectivity index (χ3n) is 5.77. The van der Waals surface area contributed by atoms with E-state index in [1.165, 1.54) is 12.4 Å². The second kappa shape index (κ2) is 11.5. The minimum absolute atomic E-state index is 0.0155. The maximum atomic E-state index is 12.5. The molecule has 3 aromatic rings. The summed E-state index contributed by atoms with van der Waals surface area (Å²) in [5.41, 5.74) is 10.7. The van der Waals surface area contributed by atoms with E-state index < -0.39 is 6.23 Å². The number of hydrazine groups is 1. The summed E-state index contributed by atoms with van der Waals surface area (Å²) in [6.45, 7) is 4.98. The molecule has 1 fully saturated rings. The van der Waals surface area contributed by atoms with Gasteiger partial charge in [0.15, 0.2) is 0 Å². The molecule has 1 saturated heterocycles. The first-order valence-electron chi connectivity index (χ1n) is 11.5. The molecule has 11 heteroatoms. The van der Waals surface area contributed by atoms with Gasteiger partial charge in [-0.15, -0.1) is 0 Å². The molecule has 2 atom stereocenters. The van der Waals surface area contributed by atoms with E-state index >= 15 is 0 Å². The lowest BCUT2D eigenvalue weighted by Crippen LogP contribution is -2.52. The van der Waals surface area contributed by atoms with E-state index in [1.54, 1.807) is 48.7 Å². The van der Waals surface area contributed by atoms with E-state index in [1.807, 2.05) is 5.01 Å². The number of nitrogen functional groups attached to an aromatic ring is 1. The fraction of sp³-hybridized carbons (Fsp3) is 0.240. The van der Waals surface area contributed by atoms with E-state index in [9.17, 15) is 9.90 Å². The second-order valence-electron chi connectivity index (χ2n) is 8.34. The Morgan fingerprint density at radius 1 is 1.19 bits per heavy atom. The molecule has 1 aliphatic rings. The van der Waals surface area contributed by atoms with Gasteiger partial charge in [0.2, 0.25) is 0 Å². The fourth-order valence-electron chi connectivity index (χ4n) is 3.96. The van der Waals surface area contributed by atoms with Crippen molar-refractivity contribution >= 4 is 29.1 Å². The number of amides is 1. The van der Waals surface area contributed by atoms with Gasteiger partial charge in [0.05, 0.1) is 11.3 Å². The highest BCUT2D eigenvalue weighted by atomic mass is 16.3. The van der Waals surface area contributed by atoms with Crippen molar-refractivity contribution in [2.75, 3.05) is 29.5 Å². The summed E-state index contributed by atoms with van der Waals surface area (Å²) in [5, 5.41) is 26.7. The molecule has 186 valence electrons. The molecule has 0 radical (unpaired) electrons. The first-order valence-corrected chi connectivity index (χ1v) is 11.5. The number of nitrogens with two attached hydrogens (primary N) is 1. The molecular formula is C25H29N9O2. The van der Waals surface area contributed by atoms with Crippen molar-refractivity contribution < 1.29 is 9.90 Å². The maximum Gasteiger partial charge on any atom is 0.256 e. The number of rotatable bonds is 9. The molecule has 1 amide bonds. The number of nitrogens with one attached hydrogen (secondary N) is 4. The number of carbonyl (C=O) groups excluding carboxylic acids is 1. The van der Waals surface area contributed by atoms with E-state index in [2.05, 4.69) is 37.6 Å². The topological polar surface area (TPSA) is 165 Å². The summed E-state index contributed by atoms with van der Waals surface area (Å²) in [7, 11) is 0. The number of carbonyl (C=O) groups is 1. The molecule has 0 saturated carbocycles. The summed E-state index contributed by atoms with van der Waals surface area (Å²) in [4.78, 5) is 25.1. The Morgan fingerprint density at radius 2 is 1.97 bits per heavy atom. The Kier molecular flexibility index (Phi) is 7.95. The number of benzene rings is 1. The van der Waals surface area contributed by atoms with Crippen molar-refractivity contribution in [1.82, 2.24) is 25.4 Å². The molecule has 2 aromatic heterocycles. The molecule has 4 rings (SSSR count). The van der Waals surface area contributed by atoms with Gasteiger partial charge >= 0.3 is 0 Å². The Labute approximate surface area is 209 Å². The number of anilines is 3. The van der Waals surface area contributed by atoms with Gasteiger partial charge in [-0.3, -0.25) is 10.2 Å². The van der Waals surface area contributed by atoms with Gasteiger partial charge in [-0.05, 0) is 43.2 Å². The van der Waals surface area contributed by atoms with Gasteiger partial charge in [0.1, 0.15) is 30.0 Å².